The Morgan fingerprint density at radius 2 is 2.00 bits per heavy atom. The molecule has 0 saturated heterocycles. The molecule has 1 aliphatic heterocycles. The molecule has 0 bridgehead atoms. The summed E-state index contributed by atoms with van der Waals surface area (Å²) >= 11 is 1.50. The van der Waals surface area contributed by atoms with Crippen molar-refractivity contribution in [1.29, 1.82) is 0 Å². The van der Waals surface area contributed by atoms with Crippen LogP contribution in [0.5, 0.6) is 0 Å². The molecule has 1 aromatic heterocycles. The maximum atomic E-state index is 12.9. The third kappa shape index (κ3) is 3.42. The highest BCUT2D eigenvalue weighted by molar-refractivity contribution is 7.08. The van der Waals surface area contributed by atoms with E-state index >= 15 is 0 Å². The molecule has 0 fully saturated rings. The molecule has 24 heavy (non-hydrogen) atoms. The number of nitrogens with zero attached hydrogens (tertiary/aromatic N) is 1. The number of hydrogen-bond acceptors (Lipinski definition) is 5. The Balaban J connectivity index is 1.71. The van der Waals surface area contributed by atoms with Crippen LogP contribution in [-0.4, -0.2) is 23.6 Å². The molecule has 0 aliphatic carbocycles. The van der Waals surface area contributed by atoms with E-state index in [0.29, 0.717) is 18.5 Å². The highest BCUT2D eigenvalue weighted by atomic mass is 32.1. The molecule has 1 aromatic carbocycles. The van der Waals surface area contributed by atoms with Crippen LogP contribution in [0.2, 0.25) is 0 Å². The third-order valence-electron chi connectivity index (χ3n) is 4.01. The van der Waals surface area contributed by atoms with E-state index in [1.165, 1.54) is 11.3 Å². The number of carbonyl (C=O) groups excluding carboxylic acids is 2. The highest BCUT2D eigenvalue weighted by Crippen LogP contribution is 2.37. The number of fused-ring (bicyclic) bond motifs is 2. The van der Waals surface area contributed by atoms with Crippen LogP contribution < -0.4 is 15.7 Å². The second kappa shape index (κ2) is 7.46. The minimum absolute atomic E-state index is 0.00296. The number of amides is 2. The highest BCUT2D eigenvalue weighted by Gasteiger charge is 2.26. The van der Waals surface area contributed by atoms with Crippen LogP contribution in [0.1, 0.15) is 36.0 Å². The number of unbranched alkanes of at least 4 members (excludes halogenated alkanes) is 2. The summed E-state index contributed by atoms with van der Waals surface area (Å²) in [5.41, 5.74) is 4.96. The first-order valence-electron chi connectivity index (χ1n) is 7.87. The average molecular weight is 345 g/mol. The summed E-state index contributed by atoms with van der Waals surface area (Å²) in [7, 11) is 0. The molecule has 3 rings (SSSR count). The van der Waals surface area contributed by atoms with Crippen LogP contribution >= 0.6 is 11.3 Å². The largest absolute Gasteiger partial charge is 0.352 e. The first-order chi connectivity index (χ1) is 11.7. The summed E-state index contributed by atoms with van der Waals surface area (Å²) in [6.07, 6.45) is 2.57. The van der Waals surface area contributed by atoms with E-state index in [-0.39, 0.29) is 18.2 Å². The summed E-state index contributed by atoms with van der Waals surface area (Å²) in [6, 6.07) is 7.77. The maximum Gasteiger partial charge on any atom is 0.261 e. The molecule has 0 spiro atoms. The second-order valence-electron chi connectivity index (χ2n) is 5.64. The Morgan fingerprint density at radius 1 is 1.17 bits per heavy atom. The van der Waals surface area contributed by atoms with Gasteiger partial charge in [0.05, 0.1) is 22.6 Å². The summed E-state index contributed by atoms with van der Waals surface area (Å²) < 4.78 is 0. The number of carbonyl (C=O) groups is 2. The van der Waals surface area contributed by atoms with Gasteiger partial charge in [0, 0.05) is 23.7 Å². The van der Waals surface area contributed by atoms with Crippen LogP contribution in [0, 0.1) is 0 Å². The van der Waals surface area contributed by atoms with Crippen molar-refractivity contribution in [2.45, 2.75) is 25.7 Å². The fourth-order valence-electron chi connectivity index (χ4n) is 2.78. The molecule has 3 N–H and O–H groups in total. The van der Waals surface area contributed by atoms with Gasteiger partial charge in [-0.1, -0.05) is 18.6 Å². The zero-order valence-electron chi connectivity index (χ0n) is 13.1. The van der Waals surface area contributed by atoms with E-state index in [0.717, 1.165) is 29.9 Å². The number of thiophene rings is 1. The Kier molecular flexibility index (Phi) is 5.12. The van der Waals surface area contributed by atoms with Crippen LogP contribution in [0.15, 0.2) is 35.0 Å². The molecule has 0 saturated carbocycles. The quantitative estimate of drug-likeness (QED) is 0.425. The van der Waals surface area contributed by atoms with Crippen molar-refractivity contribution in [3.05, 3.63) is 40.6 Å². The Labute approximate surface area is 144 Å². The lowest BCUT2D eigenvalue weighted by Gasteiger charge is -2.22. The third-order valence-corrected chi connectivity index (χ3v) is 4.76. The average Bonchev–Trinajstić information content (AvgIpc) is 3.02. The van der Waals surface area contributed by atoms with Crippen molar-refractivity contribution in [3.8, 4) is 0 Å². The lowest BCUT2D eigenvalue weighted by molar-refractivity contribution is -0.129. The molecule has 1 aliphatic rings. The number of para-hydroxylation sites is 2. The van der Waals surface area contributed by atoms with Gasteiger partial charge in [0.15, 0.2) is 0 Å². The van der Waals surface area contributed by atoms with Crippen LogP contribution in [0.3, 0.4) is 0 Å². The summed E-state index contributed by atoms with van der Waals surface area (Å²) in [6.45, 7) is 0.591. The molecule has 2 heterocycles. The Bertz CT molecular complexity index is 744. The van der Waals surface area contributed by atoms with Gasteiger partial charge in [-0.15, -0.1) is 11.3 Å². The van der Waals surface area contributed by atoms with Gasteiger partial charge in [-0.25, -0.2) is 5.48 Å². The number of hydroxylamine groups is 1. The predicted molar refractivity (Wildman–Crippen MR) is 94.1 cm³/mol. The number of rotatable bonds is 6. The number of nitrogens with one attached hydrogen (secondary N) is 2. The van der Waals surface area contributed by atoms with Crippen molar-refractivity contribution in [2.75, 3.05) is 16.8 Å². The van der Waals surface area contributed by atoms with Gasteiger partial charge in [0.25, 0.3) is 5.91 Å². The molecule has 2 amide bonds. The van der Waals surface area contributed by atoms with Gasteiger partial charge < -0.3 is 10.2 Å². The Morgan fingerprint density at radius 3 is 2.83 bits per heavy atom. The van der Waals surface area contributed by atoms with Gasteiger partial charge in [-0.05, 0) is 25.0 Å². The van der Waals surface area contributed by atoms with E-state index in [1.807, 2.05) is 35.0 Å². The molecule has 6 nitrogen and oxygen atoms in total. The van der Waals surface area contributed by atoms with Crippen molar-refractivity contribution in [1.82, 2.24) is 5.48 Å². The number of hydrogen-bond donors (Lipinski definition) is 3. The number of benzene rings is 1. The first-order valence-corrected chi connectivity index (χ1v) is 8.82. The van der Waals surface area contributed by atoms with Gasteiger partial charge in [0.1, 0.15) is 0 Å². The molecule has 126 valence electrons. The van der Waals surface area contributed by atoms with Crippen molar-refractivity contribution in [2.24, 2.45) is 0 Å². The van der Waals surface area contributed by atoms with E-state index < -0.39 is 0 Å². The van der Waals surface area contributed by atoms with E-state index in [1.54, 1.807) is 10.4 Å². The van der Waals surface area contributed by atoms with Gasteiger partial charge in [0.2, 0.25) is 5.91 Å². The molecular formula is C17H19N3O3S. The van der Waals surface area contributed by atoms with Crippen molar-refractivity contribution >= 4 is 40.2 Å². The summed E-state index contributed by atoms with van der Waals surface area (Å²) in [5.74, 6) is -0.380. The van der Waals surface area contributed by atoms with Crippen molar-refractivity contribution < 1.29 is 14.8 Å². The lowest BCUT2D eigenvalue weighted by atomic mass is 10.1. The minimum Gasteiger partial charge on any atom is -0.352 e. The standard InChI is InChI=1S/C17H19N3O3S/c21-16(19-23)8-2-1-5-9-20-15-7-4-3-6-13(15)18-14-11-24-10-12(14)17(20)22/h3-4,6-7,10-11,18,23H,1-2,5,8-9H2,(H,19,21). The predicted octanol–water partition coefficient (Wildman–Crippen LogP) is 3.52. The molecular weight excluding hydrogens is 326 g/mol. The fourth-order valence-corrected chi connectivity index (χ4v) is 3.54. The summed E-state index contributed by atoms with van der Waals surface area (Å²) in [5, 5.41) is 15.6. The van der Waals surface area contributed by atoms with Crippen LogP contribution in [0.25, 0.3) is 0 Å². The molecule has 0 unspecified atom stereocenters. The summed E-state index contributed by atoms with van der Waals surface area (Å²) in [4.78, 5) is 25.7. The first kappa shape index (κ1) is 16.5. The lowest BCUT2D eigenvalue weighted by Crippen LogP contribution is -2.31. The monoisotopic (exact) mass is 345 g/mol. The van der Waals surface area contributed by atoms with E-state index in [4.69, 9.17) is 5.21 Å². The minimum atomic E-state index is -0.377. The van der Waals surface area contributed by atoms with E-state index in [2.05, 4.69) is 5.32 Å². The maximum absolute atomic E-state index is 12.9. The Hall–Kier alpha value is -2.38. The fraction of sp³-hybridized carbons (Fsp3) is 0.294. The smallest absolute Gasteiger partial charge is 0.261 e. The SMILES string of the molecule is O=C(CCCCCN1C(=O)c2cscc2Nc2ccccc21)NO. The molecule has 7 heteroatoms. The molecule has 0 atom stereocenters. The zero-order chi connectivity index (χ0) is 16.9. The molecule has 0 radical (unpaired) electrons. The van der Waals surface area contributed by atoms with Crippen LogP contribution in [0.4, 0.5) is 17.1 Å². The van der Waals surface area contributed by atoms with Crippen LogP contribution in [-0.2, 0) is 4.79 Å². The van der Waals surface area contributed by atoms with Crippen molar-refractivity contribution in [3.63, 3.8) is 0 Å². The number of anilines is 3. The second-order valence-corrected chi connectivity index (χ2v) is 6.39. The van der Waals surface area contributed by atoms with Gasteiger partial charge in [-0.3, -0.25) is 14.8 Å². The molecule has 2 aromatic rings. The van der Waals surface area contributed by atoms with E-state index in [9.17, 15) is 9.59 Å². The van der Waals surface area contributed by atoms with Gasteiger partial charge in [-0.2, -0.15) is 0 Å². The van der Waals surface area contributed by atoms with Gasteiger partial charge >= 0.3 is 0 Å². The normalized spacial score (nSPS) is 12.9. The zero-order valence-corrected chi connectivity index (χ0v) is 13.9. The topological polar surface area (TPSA) is 81.7 Å².